The molecule has 0 saturated heterocycles. The highest BCUT2D eigenvalue weighted by Crippen LogP contribution is 2.19. The van der Waals surface area contributed by atoms with Crippen molar-refractivity contribution in [3.8, 4) is 5.69 Å². The monoisotopic (exact) mass is 270 g/mol. The third-order valence-corrected chi connectivity index (χ3v) is 3.89. The summed E-state index contributed by atoms with van der Waals surface area (Å²) in [6.07, 6.45) is 0. The van der Waals surface area contributed by atoms with Crippen LogP contribution in [-0.2, 0) is 4.74 Å². The van der Waals surface area contributed by atoms with Crippen molar-refractivity contribution in [1.29, 1.82) is 0 Å². The molecular weight excluding hydrogens is 258 g/mol. The van der Waals surface area contributed by atoms with Gasteiger partial charge in [0, 0.05) is 12.1 Å². The van der Waals surface area contributed by atoms with E-state index in [4.69, 9.17) is 4.74 Å². The number of hydrogen-bond acceptors (Lipinski definition) is 3. The quantitative estimate of drug-likeness (QED) is 0.529. The molecule has 0 N–H and O–H groups in total. The van der Waals surface area contributed by atoms with E-state index < -0.39 is 0 Å². The Balaban J connectivity index is 2.25. The third kappa shape index (κ3) is 2.00. The number of ether oxygens (including phenoxy) is 1. The highest BCUT2D eigenvalue weighted by Gasteiger charge is 2.22. The molecule has 0 amide bonds. The maximum Gasteiger partial charge on any atom is 0.344 e. The second kappa shape index (κ2) is 4.82. The molecule has 0 saturated carbocycles. The maximum absolute atomic E-state index is 11.8. The number of benzene rings is 2. The average Bonchev–Trinajstić information content (AvgIpc) is 2.90. The van der Waals surface area contributed by atoms with Crippen LogP contribution in [0.2, 0.25) is 0 Å². The molecule has 0 bridgehead atoms. The van der Waals surface area contributed by atoms with Gasteiger partial charge in [-0.3, -0.25) is 0 Å². The number of carbonyl (C=O) groups is 1. The molecule has 0 aliphatic carbocycles. The van der Waals surface area contributed by atoms with Crippen LogP contribution in [0.15, 0.2) is 54.0 Å². The van der Waals surface area contributed by atoms with E-state index >= 15 is 0 Å². The van der Waals surface area contributed by atoms with Gasteiger partial charge in [-0.05, 0) is 12.1 Å². The van der Waals surface area contributed by atoms with E-state index in [0.29, 0.717) is 5.56 Å². The predicted octanol–water partition coefficient (Wildman–Crippen LogP) is 2.96. The van der Waals surface area contributed by atoms with Gasteiger partial charge in [0.05, 0.1) is 7.11 Å². The van der Waals surface area contributed by atoms with Crippen LogP contribution in [-0.4, -0.2) is 13.1 Å². The van der Waals surface area contributed by atoms with E-state index in [9.17, 15) is 4.79 Å². The van der Waals surface area contributed by atoms with E-state index in [0.717, 1.165) is 11.2 Å². The summed E-state index contributed by atoms with van der Waals surface area (Å²) < 4.78 is 8.04. The fraction of sp³-hybridized carbons (Fsp3) is 0.0667. The molecule has 0 unspecified atom stereocenters. The van der Waals surface area contributed by atoms with Crippen LogP contribution < -0.4 is 4.57 Å². The summed E-state index contributed by atoms with van der Waals surface area (Å²) in [6, 6.07) is 15.6. The molecule has 94 valence electrons. The van der Waals surface area contributed by atoms with Crippen molar-refractivity contribution < 1.29 is 14.1 Å². The van der Waals surface area contributed by atoms with Gasteiger partial charge in [0.25, 0.3) is 0 Å². The first-order chi connectivity index (χ1) is 9.31. The fourth-order valence-corrected chi connectivity index (χ4v) is 2.97. The molecule has 0 aliphatic heterocycles. The predicted molar refractivity (Wildman–Crippen MR) is 74.7 cm³/mol. The van der Waals surface area contributed by atoms with Crippen LogP contribution in [0, 0.1) is 0 Å². The van der Waals surface area contributed by atoms with Gasteiger partial charge in [0.1, 0.15) is 10.3 Å². The standard InChI is InChI=1S/C15H12NO2S/c1-18-15(17)11-6-2-3-7-12(11)16-10-19-14-9-5-4-8-13(14)16/h2-10H,1H3/q+1. The SMILES string of the molecule is COC(=O)c1ccccc1-[n+]1csc2ccccc21. The highest BCUT2D eigenvalue weighted by atomic mass is 32.1. The van der Waals surface area contributed by atoms with Crippen LogP contribution in [0.25, 0.3) is 15.9 Å². The molecule has 0 atom stereocenters. The van der Waals surface area contributed by atoms with Crippen LogP contribution in [0.1, 0.15) is 10.4 Å². The number of carbonyl (C=O) groups excluding carboxylic acids is 1. The number of para-hydroxylation sites is 2. The number of rotatable bonds is 2. The van der Waals surface area contributed by atoms with Crippen LogP contribution >= 0.6 is 11.3 Å². The van der Waals surface area contributed by atoms with Crippen molar-refractivity contribution >= 4 is 27.5 Å². The van der Waals surface area contributed by atoms with Crippen molar-refractivity contribution in [3.05, 3.63) is 59.6 Å². The molecule has 0 aliphatic rings. The van der Waals surface area contributed by atoms with E-state index in [-0.39, 0.29) is 5.97 Å². The fourth-order valence-electron chi connectivity index (χ4n) is 2.07. The number of hydrogen-bond donors (Lipinski definition) is 0. The summed E-state index contributed by atoms with van der Waals surface area (Å²) in [6.45, 7) is 0. The van der Waals surface area contributed by atoms with Crippen LogP contribution in [0.5, 0.6) is 0 Å². The van der Waals surface area contributed by atoms with Crippen molar-refractivity contribution in [2.75, 3.05) is 7.11 Å². The molecule has 1 heterocycles. The molecule has 1 aromatic heterocycles. The lowest BCUT2D eigenvalue weighted by Crippen LogP contribution is -2.30. The third-order valence-electron chi connectivity index (χ3n) is 2.98. The van der Waals surface area contributed by atoms with Crippen molar-refractivity contribution in [2.45, 2.75) is 0 Å². The minimum Gasteiger partial charge on any atom is -0.465 e. The minimum absolute atomic E-state index is 0.321. The van der Waals surface area contributed by atoms with Crippen molar-refractivity contribution in [2.24, 2.45) is 0 Å². The Labute approximate surface area is 114 Å². The summed E-state index contributed by atoms with van der Waals surface area (Å²) in [7, 11) is 1.40. The zero-order valence-corrected chi connectivity index (χ0v) is 11.2. The Morgan fingerprint density at radius 2 is 1.84 bits per heavy atom. The van der Waals surface area contributed by atoms with Gasteiger partial charge in [-0.2, -0.15) is 0 Å². The number of methoxy groups -OCH3 is 1. The Morgan fingerprint density at radius 3 is 2.68 bits per heavy atom. The first kappa shape index (κ1) is 11.9. The van der Waals surface area contributed by atoms with Gasteiger partial charge in [-0.15, -0.1) is 4.57 Å². The van der Waals surface area contributed by atoms with Crippen LogP contribution in [0.3, 0.4) is 0 Å². The molecule has 4 heteroatoms. The normalized spacial score (nSPS) is 10.6. The lowest BCUT2D eigenvalue weighted by Gasteiger charge is -2.01. The minimum atomic E-state index is -0.321. The molecule has 3 nitrogen and oxygen atoms in total. The first-order valence-electron chi connectivity index (χ1n) is 5.87. The molecule has 0 radical (unpaired) electrons. The summed E-state index contributed by atoms with van der Waals surface area (Å²) in [5, 5.41) is 0. The summed E-state index contributed by atoms with van der Waals surface area (Å²) in [5.41, 5.74) is 4.50. The average molecular weight is 270 g/mol. The molecule has 19 heavy (non-hydrogen) atoms. The van der Waals surface area contributed by atoms with Gasteiger partial charge < -0.3 is 4.74 Å². The number of esters is 1. The first-order valence-corrected chi connectivity index (χ1v) is 6.75. The lowest BCUT2D eigenvalue weighted by molar-refractivity contribution is -0.562. The lowest BCUT2D eigenvalue weighted by atomic mass is 10.1. The van der Waals surface area contributed by atoms with E-state index in [1.807, 2.05) is 46.5 Å². The van der Waals surface area contributed by atoms with Gasteiger partial charge in [0.2, 0.25) is 16.7 Å². The Morgan fingerprint density at radius 1 is 1.11 bits per heavy atom. The molecule has 2 aromatic carbocycles. The molecule has 0 fully saturated rings. The summed E-state index contributed by atoms with van der Waals surface area (Å²) in [4.78, 5) is 11.8. The van der Waals surface area contributed by atoms with E-state index in [1.165, 1.54) is 11.8 Å². The second-order valence-electron chi connectivity index (χ2n) is 4.07. The van der Waals surface area contributed by atoms with E-state index in [1.54, 1.807) is 17.4 Å². The van der Waals surface area contributed by atoms with Gasteiger partial charge >= 0.3 is 5.97 Å². The molecule has 3 aromatic rings. The smallest absolute Gasteiger partial charge is 0.344 e. The number of thiazole rings is 1. The van der Waals surface area contributed by atoms with Crippen molar-refractivity contribution in [1.82, 2.24) is 0 Å². The largest absolute Gasteiger partial charge is 0.465 e. The Kier molecular flexibility index (Phi) is 3.01. The topological polar surface area (TPSA) is 30.2 Å². The number of nitrogens with zero attached hydrogens (tertiary/aromatic N) is 1. The zero-order chi connectivity index (χ0) is 13.2. The second-order valence-corrected chi connectivity index (χ2v) is 4.96. The number of fused-ring (bicyclic) bond motifs is 1. The van der Waals surface area contributed by atoms with Crippen molar-refractivity contribution in [3.63, 3.8) is 0 Å². The summed E-state index contributed by atoms with van der Waals surface area (Å²) >= 11 is 1.65. The van der Waals surface area contributed by atoms with Gasteiger partial charge in [-0.25, -0.2) is 4.79 Å². The Hall–Kier alpha value is -2.20. The number of aromatic nitrogens is 1. The van der Waals surface area contributed by atoms with E-state index in [2.05, 4.69) is 6.07 Å². The molecule has 0 spiro atoms. The highest BCUT2D eigenvalue weighted by molar-refractivity contribution is 7.16. The maximum atomic E-state index is 11.8. The summed E-state index contributed by atoms with van der Waals surface area (Å²) in [5.74, 6) is -0.321. The van der Waals surface area contributed by atoms with Gasteiger partial charge in [-0.1, -0.05) is 35.6 Å². The van der Waals surface area contributed by atoms with Crippen LogP contribution in [0.4, 0.5) is 0 Å². The van der Waals surface area contributed by atoms with Gasteiger partial charge in [0.15, 0.2) is 0 Å². The Bertz CT molecular complexity index is 748. The molecular formula is C15H12NO2S+. The molecule has 3 rings (SSSR count). The zero-order valence-electron chi connectivity index (χ0n) is 10.4.